The minimum atomic E-state index is 0.371. The fourth-order valence-corrected chi connectivity index (χ4v) is 0.885. The average molecular weight is 161 g/mol. The Morgan fingerprint density at radius 3 is 3.10 bits per heavy atom. The molecule has 1 aliphatic rings. The van der Waals surface area contributed by atoms with E-state index in [4.69, 9.17) is 11.6 Å². The first kappa shape index (κ1) is 5.82. The molecule has 2 heterocycles. The van der Waals surface area contributed by atoms with E-state index in [2.05, 4.69) is 25.9 Å². The quantitative estimate of drug-likeness (QED) is 0.533. The Labute approximate surface area is 61.6 Å². The lowest BCUT2D eigenvalue weighted by Crippen LogP contribution is -1.98. The van der Waals surface area contributed by atoms with Crippen LogP contribution in [0.2, 0.25) is 0 Å². The van der Waals surface area contributed by atoms with E-state index in [-0.39, 0.29) is 0 Å². The summed E-state index contributed by atoms with van der Waals surface area (Å²) in [6.07, 6.45) is 0. The Bertz CT molecular complexity index is 226. The molecular formula is C4H5ClN4O. The molecule has 1 aromatic heterocycles. The number of fused-ring (bicyclic) bond motifs is 1. The number of anilines is 2. The van der Waals surface area contributed by atoms with Crippen LogP contribution in [0.5, 0.6) is 0 Å². The largest absolute Gasteiger partial charge is 0.324 e. The van der Waals surface area contributed by atoms with Gasteiger partial charge in [-0.25, -0.2) is 15.9 Å². The Kier molecular flexibility index (Phi) is 1.18. The molecule has 0 spiro atoms. The molecule has 0 saturated carbocycles. The summed E-state index contributed by atoms with van der Waals surface area (Å²) < 4.78 is 0. The highest BCUT2D eigenvalue weighted by atomic mass is 35.5. The van der Waals surface area contributed by atoms with Gasteiger partial charge in [-0.1, -0.05) is 0 Å². The maximum absolute atomic E-state index is 5.50. The summed E-state index contributed by atoms with van der Waals surface area (Å²) >= 11 is 5.50. The van der Waals surface area contributed by atoms with Crippen LogP contribution < -0.4 is 11.0 Å². The molecule has 0 unspecified atom stereocenters. The summed E-state index contributed by atoms with van der Waals surface area (Å²) in [6.45, 7) is 0. The average Bonchev–Trinajstić information content (AvgIpc) is 2.42. The zero-order valence-corrected chi connectivity index (χ0v) is 5.70. The van der Waals surface area contributed by atoms with Gasteiger partial charge in [0.2, 0.25) is 0 Å². The second-order valence-corrected chi connectivity index (χ2v) is 2.11. The Morgan fingerprint density at radius 1 is 1.50 bits per heavy atom. The fraction of sp³-hybridized carbons (Fsp3) is 0.250. The lowest BCUT2D eigenvalue weighted by atomic mass is 10.7. The second-order valence-electron chi connectivity index (χ2n) is 1.85. The van der Waals surface area contributed by atoms with Crippen LogP contribution in [0.1, 0.15) is 5.82 Å². The highest BCUT2D eigenvalue weighted by Gasteiger charge is 2.14. The molecule has 0 amide bonds. The minimum absolute atomic E-state index is 0.371. The van der Waals surface area contributed by atoms with Crippen molar-refractivity contribution in [3.05, 3.63) is 5.82 Å². The van der Waals surface area contributed by atoms with Crippen LogP contribution in [-0.2, 0) is 10.8 Å². The van der Waals surface area contributed by atoms with Crippen LogP contribution in [0, 0.1) is 0 Å². The Morgan fingerprint density at radius 2 is 2.40 bits per heavy atom. The molecule has 1 aromatic rings. The molecule has 0 aromatic carbocycles. The highest BCUT2D eigenvalue weighted by molar-refractivity contribution is 6.16. The molecule has 6 heteroatoms. The number of nitrogens with zero attached hydrogens (tertiary/aromatic N) is 1. The van der Waals surface area contributed by atoms with E-state index in [0.29, 0.717) is 11.7 Å². The smallest absolute Gasteiger partial charge is 0.197 e. The van der Waals surface area contributed by atoms with Gasteiger partial charge in [-0.3, -0.25) is 0 Å². The van der Waals surface area contributed by atoms with Gasteiger partial charge >= 0.3 is 0 Å². The fourth-order valence-electron chi connectivity index (χ4n) is 0.758. The number of alkyl halides is 1. The zero-order chi connectivity index (χ0) is 6.97. The van der Waals surface area contributed by atoms with Crippen LogP contribution in [0.4, 0.5) is 11.6 Å². The van der Waals surface area contributed by atoms with E-state index in [1.54, 1.807) is 0 Å². The maximum atomic E-state index is 5.50. The number of rotatable bonds is 1. The van der Waals surface area contributed by atoms with Gasteiger partial charge in [0.15, 0.2) is 11.6 Å². The molecule has 10 heavy (non-hydrogen) atoms. The van der Waals surface area contributed by atoms with Crippen LogP contribution in [0.25, 0.3) is 0 Å². The topological polar surface area (TPSA) is 62.0 Å². The molecule has 1 aliphatic heterocycles. The highest BCUT2D eigenvalue weighted by Crippen LogP contribution is 2.23. The molecule has 0 aliphatic carbocycles. The van der Waals surface area contributed by atoms with Gasteiger partial charge in [-0.2, -0.15) is 4.94 Å². The molecule has 0 atom stereocenters. The van der Waals surface area contributed by atoms with Gasteiger partial charge in [0.05, 0.1) is 5.88 Å². The van der Waals surface area contributed by atoms with Crippen molar-refractivity contribution in [2.75, 3.05) is 11.0 Å². The molecule has 0 radical (unpaired) electrons. The van der Waals surface area contributed by atoms with E-state index in [0.717, 1.165) is 11.6 Å². The number of imidazole rings is 1. The zero-order valence-electron chi connectivity index (χ0n) is 4.94. The summed E-state index contributed by atoms with van der Waals surface area (Å²) in [5.41, 5.74) is 5.11. The normalized spacial score (nSPS) is 14.1. The predicted molar refractivity (Wildman–Crippen MR) is 36.5 cm³/mol. The molecule has 3 N–H and O–H groups in total. The molecule has 0 saturated heterocycles. The number of aromatic nitrogens is 2. The third-order valence-electron chi connectivity index (χ3n) is 1.18. The van der Waals surface area contributed by atoms with Gasteiger partial charge in [0.25, 0.3) is 0 Å². The van der Waals surface area contributed by atoms with E-state index in [9.17, 15) is 0 Å². The third-order valence-corrected chi connectivity index (χ3v) is 1.43. The van der Waals surface area contributed by atoms with Gasteiger partial charge in [-0.15, -0.1) is 11.6 Å². The first-order chi connectivity index (χ1) is 4.90. The van der Waals surface area contributed by atoms with Crippen molar-refractivity contribution in [3.63, 3.8) is 0 Å². The molecule has 0 bridgehead atoms. The van der Waals surface area contributed by atoms with Gasteiger partial charge in [0.1, 0.15) is 5.82 Å². The van der Waals surface area contributed by atoms with Crippen molar-refractivity contribution in [1.29, 1.82) is 0 Å². The van der Waals surface area contributed by atoms with Crippen LogP contribution in [-0.4, -0.2) is 9.97 Å². The summed E-state index contributed by atoms with van der Waals surface area (Å²) in [7, 11) is 0. The summed E-state index contributed by atoms with van der Waals surface area (Å²) in [5.74, 6) is 2.46. The SMILES string of the molecule is ClCc1nc2c([nH]1)NON2. The Balaban J connectivity index is 2.37. The number of hydrogen-bond acceptors (Lipinski definition) is 4. The molecular weight excluding hydrogens is 156 g/mol. The van der Waals surface area contributed by atoms with Gasteiger partial charge < -0.3 is 4.98 Å². The summed E-state index contributed by atoms with van der Waals surface area (Å²) in [5, 5.41) is 0. The van der Waals surface area contributed by atoms with Gasteiger partial charge in [0, 0.05) is 0 Å². The number of H-pyrrole nitrogens is 1. The second kappa shape index (κ2) is 2.03. The summed E-state index contributed by atoms with van der Waals surface area (Å²) in [6, 6.07) is 0. The number of hydrogen-bond donors (Lipinski definition) is 3. The van der Waals surface area contributed by atoms with Crippen molar-refractivity contribution in [2.45, 2.75) is 5.88 Å². The van der Waals surface area contributed by atoms with Crippen LogP contribution in [0.15, 0.2) is 0 Å². The summed E-state index contributed by atoms with van der Waals surface area (Å²) in [4.78, 5) is 11.5. The van der Waals surface area contributed by atoms with Crippen LogP contribution >= 0.6 is 11.6 Å². The number of nitrogens with one attached hydrogen (secondary N) is 3. The number of halogens is 1. The first-order valence-electron chi connectivity index (χ1n) is 2.73. The predicted octanol–water partition coefficient (Wildman–Crippen LogP) is 0.832. The number of aromatic amines is 1. The van der Waals surface area contributed by atoms with Gasteiger partial charge in [-0.05, 0) is 0 Å². The van der Waals surface area contributed by atoms with Crippen molar-refractivity contribution in [1.82, 2.24) is 9.97 Å². The van der Waals surface area contributed by atoms with Crippen molar-refractivity contribution < 1.29 is 4.94 Å². The Hall–Kier alpha value is -0.940. The molecule has 5 nitrogen and oxygen atoms in total. The lowest BCUT2D eigenvalue weighted by molar-refractivity contribution is 0.279. The van der Waals surface area contributed by atoms with Crippen LogP contribution in [0.3, 0.4) is 0 Å². The van der Waals surface area contributed by atoms with E-state index >= 15 is 0 Å². The van der Waals surface area contributed by atoms with Crippen molar-refractivity contribution in [3.8, 4) is 0 Å². The van der Waals surface area contributed by atoms with E-state index in [1.807, 2.05) is 0 Å². The molecule has 2 rings (SSSR count). The van der Waals surface area contributed by atoms with Crippen molar-refractivity contribution >= 4 is 23.2 Å². The third kappa shape index (κ3) is 0.714. The minimum Gasteiger partial charge on any atom is -0.324 e. The standard InChI is InChI=1S/C4H5ClN4O/c5-1-2-6-3-4(7-2)9-10-8-3/h8-9H,1H2,(H,6,7). The van der Waals surface area contributed by atoms with E-state index in [1.165, 1.54) is 0 Å². The van der Waals surface area contributed by atoms with E-state index < -0.39 is 0 Å². The lowest BCUT2D eigenvalue weighted by Gasteiger charge is -1.90. The molecule has 0 fully saturated rings. The maximum Gasteiger partial charge on any atom is 0.197 e. The monoisotopic (exact) mass is 160 g/mol. The van der Waals surface area contributed by atoms with Crippen molar-refractivity contribution in [2.24, 2.45) is 0 Å². The molecule has 54 valence electrons. The first-order valence-corrected chi connectivity index (χ1v) is 3.26.